The maximum absolute atomic E-state index is 3.74. The van der Waals surface area contributed by atoms with E-state index in [-0.39, 0.29) is 0 Å². The summed E-state index contributed by atoms with van der Waals surface area (Å²) in [6, 6.07) is 2.09. The smallest absolute Gasteiger partial charge is 0.0251 e. The van der Waals surface area contributed by atoms with Gasteiger partial charge >= 0.3 is 0 Å². The Kier molecular flexibility index (Phi) is 7.00. The fraction of sp³-hybridized carbons (Fsp3) is 1.00. The highest BCUT2D eigenvalue weighted by atomic mass is 15.2. The molecule has 0 aromatic heterocycles. The molecule has 0 amide bonds. The van der Waals surface area contributed by atoms with Gasteiger partial charge in [-0.05, 0) is 57.5 Å². The van der Waals surface area contributed by atoms with Crippen LogP contribution in [0.3, 0.4) is 0 Å². The number of rotatable bonds is 6. The highest BCUT2D eigenvalue weighted by molar-refractivity contribution is 4.94. The van der Waals surface area contributed by atoms with Gasteiger partial charge in [0.2, 0.25) is 0 Å². The Hall–Kier alpha value is -0.0800. The van der Waals surface area contributed by atoms with Crippen molar-refractivity contribution in [3.63, 3.8) is 0 Å². The predicted octanol–water partition coefficient (Wildman–Crippen LogP) is 4.30. The topological polar surface area (TPSA) is 15.3 Å². The molecule has 0 saturated heterocycles. The molecule has 1 aliphatic rings. The Morgan fingerprint density at radius 2 is 1.85 bits per heavy atom. The second kappa shape index (κ2) is 7.79. The Balaban J connectivity index is 2.77. The first-order valence-corrected chi connectivity index (χ1v) is 8.76. The van der Waals surface area contributed by atoms with Gasteiger partial charge in [0.1, 0.15) is 0 Å². The van der Waals surface area contributed by atoms with Crippen LogP contribution in [0.5, 0.6) is 0 Å². The molecule has 2 nitrogen and oxygen atoms in total. The minimum atomic E-state index is 0.449. The van der Waals surface area contributed by atoms with Crippen LogP contribution in [0.1, 0.15) is 73.6 Å². The van der Waals surface area contributed by atoms with Gasteiger partial charge in [0.15, 0.2) is 0 Å². The van der Waals surface area contributed by atoms with Crippen LogP contribution in [0.25, 0.3) is 0 Å². The normalized spacial score (nSPS) is 29.7. The molecule has 1 rings (SSSR count). The number of hydrogen-bond donors (Lipinski definition) is 1. The standard InChI is InChI=1S/C18H38N2/c1-8-10-14(3)20(7)17-13-15(18(4,5)6)11-12-16(17)19-9-2/h14-17,19H,8-13H2,1-7H3. The Bertz CT molecular complexity index is 269. The third-order valence-corrected chi connectivity index (χ3v) is 5.43. The fourth-order valence-corrected chi connectivity index (χ4v) is 3.83. The fourth-order valence-electron chi connectivity index (χ4n) is 3.83. The van der Waals surface area contributed by atoms with Crippen molar-refractivity contribution in [2.75, 3.05) is 13.6 Å². The van der Waals surface area contributed by atoms with Crippen molar-refractivity contribution in [3.8, 4) is 0 Å². The summed E-state index contributed by atoms with van der Waals surface area (Å²) in [5.41, 5.74) is 0.449. The van der Waals surface area contributed by atoms with E-state index in [1.807, 2.05) is 0 Å². The SMILES string of the molecule is CCCC(C)N(C)C1CC(C(C)(C)C)CCC1NCC. The summed E-state index contributed by atoms with van der Waals surface area (Å²) in [7, 11) is 2.35. The van der Waals surface area contributed by atoms with E-state index in [2.05, 4.69) is 58.8 Å². The van der Waals surface area contributed by atoms with Gasteiger partial charge in [-0.3, -0.25) is 4.90 Å². The molecule has 1 fully saturated rings. The maximum atomic E-state index is 3.74. The summed E-state index contributed by atoms with van der Waals surface area (Å²) in [5.74, 6) is 0.860. The number of nitrogens with one attached hydrogen (secondary N) is 1. The molecule has 0 spiro atoms. The van der Waals surface area contributed by atoms with Gasteiger partial charge in [0.25, 0.3) is 0 Å². The van der Waals surface area contributed by atoms with Crippen molar-refractivity contribution in [2.24, 2.45) is 11.3 Å². The van der Waals surface area contributed by atoms with Gasteiger partial charge in [-0.15, -0.1) is 0 Å². The Labute approximate surface area is 127 Å². The van der Waals surface area contributed by atoms with E-state index in [1.165, 1.54) is 32.1 Å². The van der Waals surface area contributed by atoms with Crippen molar-refractivity contribution in [1.29, 1.82) is 0 Å². The number of nitrogens with zero attached hydrogens (tertiary/aromatic N) is 1. The van der Waals surface area contributed by atoms with Crippen molar-refractivity contribution in [2.45, 2.75) is 91.8 Å². The number of hydrogen-bond acceptors (Lipinski definition) is 2. The molecule has 20 heavy (non-hydrogen) atoms. The van der Waals surface area contributed by atoms with Gasteiger partial charge in [-0.2, -0.15) is 0 Å². The molecule has 2 heteroatoms. The van der Waals surface area contributed by atoms with Crippen molar-refractivity contribution in [1.82, 2.24) is 10.2 Å². The molecular weight excluding hydrogens is 244 g/mol. The lowest BCUT2D eigenvalue weighted by Crippen LogP contribution is -2.55. The molecule has 0 aromatic rings. The average molecular weight is 283 g/mol. The van der Waals surface area contributed by atoms with E-state index in [1.54, 1.807) is 0 Å². The van der Waals surface area contributed by atoms with Crippen LogP contribution in [0.15, 0.2) is 0 Å². The third-order valence-electron chi connectivity index (χ3n) is 5.43. The minimum absolute atomic E-state index is 0.449. The summed E-state index contributed by atoms with van der Waals surface area (Å²) in [6.07, 6.45) is 6.67. The van der Waals surface area contributed by atoms with Gasteiger partial charge in [-0.25, -0.2) is 0 Å². The van der Waals surface area contributed by atoms with Crippen LogP contribution in [-0.4, -0.2) is 36.6 Å². The van der Waals surface area contributed by atoms with E-state index >= 15 is 0 Å². The molecule has 0 bridgehead atoms. The quantitative estimate of drug-likeness (QED) is 0.781. The van der Waals surface area contributed by atoms with Crippen molar-refractivity contribution >= 4 is 0 Å². The molecule has 120 valence electrons. The van der Waals surface area contributed by atoms with Crippen molar-refractivity contribution < 1.29 is 0 Å². The first kappa shape index (κ1) is 18.0. The summed E-state index contributed by atoms with van der Waals surface area (Å²) < 4.78 is 0. The number of likely N-dealkylation sites (N-methyl/N-ethyl adjacent to an activating group) is 2. The van der Waals surface area contributed by atoms with Crippen LogP contribution in [0.4, 0.5) is 0 Å². The first-order chi connectivity index (χ1) is 9.31. The zero-order chi connectivity index (χ0) is 15.3. The van der Waals surface area contributed by atoms with E-state index in [0.717, 1.165) is 12.5 Å². The van der Waals surface area contributed by atoms with Crippen LogP contribution in [-0.2, 0) is 0 Å². The molecule has 1 aliphatic carbocycles. The van der Waals surface area contributed by atoms with Gasteiger partial charge < -0.3 is 5.32 Å². The van der Waals surface area contributed by atoms with Crippen LogP contribution >= 0.6 is 0 Å². The lowest BCUT2D eigenvalue weighted by molar-refractivity contribution is 0.0517. The van der Waals surface area contributed by atoms with Crippen LogP contribution < -0.4 is 5.32 Å². The summed E-state index contributed by atoms with van der Waals surface area (Å²) in [6.45, 7) is 15.3. The Morgan fingerprint density at radius 1 is 1.20 bits per heavy atom. The largest absolute Gasteiger partial charge is 0.313 e. The first-order valence-electron chi connectivity index (χ1n) is 8.76. The third kappa shape index (κ3) is 4.73. The zero-order valence-corrected chi connectivity index (χ0v) is 15.0. The van der Waals surface area contributed by atoms with E-state index in [9.17, 15) is 0 Å². The molecule has 0 aliphatic heterocycles. The lowest BCUT2D eigenvalue weighted by Gasteiger charge is -2.47. The summed E-state index contributed by atoms with van der Waals surface area (Å²) >= 11 is 0. The van der Waals surface area contributed by atoms with Crippen LogP contribution in [0.2, 0.25) is 0 Å². The minimum Gasteiger partial charge on any atom is -0.313 e. The molecule has 4 unspecified atom stereocenters. The molecule has 0 aromatic carbocycles. The van der Waals surface area contributed by atoms with Gasteiger partial charge in [0, 0.05) is 18.1 Å². The highest BCUT2D eigenvalue weighted by Gasteiger charge is 2.38. The van der Waals surface area contributed by atoms with Gasteiger partial charge in [0.05, 0.1) is 0 Å². The van der Waals surface area contributed by atoms with Crippen LogP contribution in [0, 0.1) is 11.3 Å². The molecule has 4 atom stereocenters. The lowest BCUT2D eigenvalue weighted by atomic mass is 9.69. The Morgan fingerprint density at radius 3 is 2.35 bits per heavy atom. The van der Waals surface area contributed by atoms with Gasteiger partial charge in [-0.1, -0.05) is 41.0 Å². The second-order valence-corrected chi connectivity index (χ2v) is 7.91. The predicted molar refractivity (Wildman–Crippen MR) is 90.2 cm³/mol. The average Bonchev–Trinajstić information content (AvgIpc) is 2.37. The van der Waals surface area contributed by atoms with Crippen molar-refractivity contribution in [3.05, 3.63) is 0 Å². The maximum Gasteiger partial charge on any atom is 0.0251 e. The zero-order valence-electron chi connectivity index (χ0n) is 15.0. The summed E-state index contributed by atoms with van der Waals surface area (Å²) in [5, 5.41) is 3.74. The molecule has 0 heterocycles. The summed E-state index contributed by atoms with van der Waals surface area (Å²) in [4.78, 5) is 2.66. The second-order valence-electron chi connectivity index (χ2n) is 7.91. The molecular formula is C18H38N2. The van der Waals surface area contributed by atoms with E-state index < -0.39 is 0 Å². The monoisotopic (exact) mass is 282 g/mol. The highest BCUT2D eigenvalue weighted by Crippen LogP contribution is 2.39. The van der Waals surface area contributed by atoms with E-state index in [4.69, 9.17) is 0 Å². The molecule has 1 saturated carbocycles. The molecule has 0 radical (unpaired) electrons. The van der Waals surface area contributed by atoms with E-state index in [0.29, 0.717) is 23.5 Å². The molecule has 1 N–H and O–H groups in total.